The number of carbonyl (C=O) groups excluding carboxylic acids is 2. The number of benzene rings is 2. The number of rotatable bonds is 5. The Morgan fingerprint density at radius 3 is 2.60 bits per heavy atom. The molecule has 130 valence electrons. The van der Waals surface area contributed by atoms with E-state index in [0.29, 0.717) is 17.9 Å². The number of hydrogen-bond acceptors (Lipinski definition) is 4. The van der Waals surface area contributed by atoms with Gasteiger partial charge in [-0.1, -0.05) is 37.3 Å². The molecule has 3 rings (SSSR count). The summed E-state index contributed by atoms with van der Waals surface area (Å²) < 4.78 is 10.9. The summed E-state index contributed by atoms with van der Waals surface area (Å²) in [5.74, 6) is 0.473. The highest BCUT2D eigenvalue weighted by Crippen LogP contribution is 2.27. The van der Waals surface area contributed by atoms with Crippen molar-refractivity contribution in [1.29, 1.82) is 0 Å². The zero-order valence-corrected chi connectivity index (χ0v) is 14.0. The van der Waals surface area contributed by atoms with Crippen LogP contribution in [0.15, 0.2) is 48.5 Å². The molecule has 0 bridgehead atoms. The summed E-state index contributed by atoms with van der Waals surface area (Å²) in [5.41, 5.74) is 6.88. The zero-order chi connectivity index (χ0) is 17.6. The van der Waals surface area contributed by atoms with E-state index in [-0.39, 0.29) is 6.61 Å². The molecule has 0 saturated heterocycles. The molecule has 25 heavy (non-hydrogen) atoms. The lowest BCUT2D eigenvalue weighted by Crippen LogP contribution is -2.49. The fourth-order valence-corrected chi connectivity index (χ4v) is 2.55. The van der Waals surface area contributed by atoms with E-state index in [0.717, 1.165) is 12.0 Å². The van der Waals surface area contributed by atoms with Gasteiger partial charge in [0.1, 0.15) is 11.5 Å². The van der Waals surface area contributed by atoms with Crippen molar-refractivity contribution in [3.8, 4) is 11.5 Å². The Bertz CT molecular complexity index is 733. The molecule has 0 fully saturated rings. The molecule has 1 aliphatic rings. The van der Waals surface area contributed by atoms with Crippen LogP contribution in [-0.4, -0.2) is 24.5 Å². The lowest BCUT2D eigenvalue weighted by Gasteiger charge is -2.12. The molecule has 0 spiro atoms. The standard InChI is InChI=1S/C19H20N2O4/c1-2-13-7-9-15(10-8-13)24-12-18(22)20-21-19(23)17-11-14-5-3-4-6-16(14)25-17/h3-10,17H,2,11-12H2,1H3,(H,20,22)(H,21,23)/t17-/m0/s1. The van der Waals surface area contributed by atoms with Gasteiger partial charge >= 0.3 is 0 Å². The van der Waals surface area contributed by atoms with Crippen molar-refractivity contribution in [2.75, 3.05) is 6.61 Å². The Kier molecular flexibility index (Phi) is 5.18. The average Bonchev–Trinajstić information content (AvgIpc) is 3.09. The van der Waals surface area contributed by atoms with Gasteiger partial charge in [-0.25, -0.2) is 0 Å². The Balaban J connectivity index is 1.41. The van der Waals surface area contributed by atoms with E-state index in [1.807, 2.05) is 48.5 Å². The quantitative estimate of drug-likeness (QED) is 0.814. The van der Waals surface area contributed by atoms with Crippen molar-refractivity contribution < 1.29 is 19.1 Å². The molecule has 6 heteroatoms. The van der Waals surface area contributed by atoms with Gasteiger partial charge in [-0.15, -0.1) is 0 Å². The van der Waals surface area contributed by atoms with E-state index in [1.54, 1.807) is 0 Å². The van der Waals surface area contributed by atoms with E-state index >= 15 is 0 Å². The van der Waals surface area contributed by atoms with E-state index in [2.05, 4.69) is 17.8 Å². The molecular formula is C19H20N2O4. The first kappa shape index (κ1) is 16.8. The van der Waals surface area contributed by atoms with Crippen LogP contribution in [0.25, 0.3) is 0 Å². The summed E-state index contributed by atoms with van der Waals surface area (Å²) >= 11 is 0. The van der Waals surface area contributed by atoms with E-state index in [9.17, 15) is 9.59 Å². The van der Waals surface area contributed by atoms with E-state index in [4.69, 9.17) is 9.47 Å². The Hall–Kier alpha value is -3.02. The van der Waals surface area contributed by atoms with Gasteiger partial charge in [0, 0.05) is 6.42 Å². The van der Waals surface area contributed by atoms with Crippen LogP contribution in [0.4, 0.5) is 0 Å². The van der Waals surface area contributed by atoms with Gasteiger partial charge in [-0.3, -0.25) is 20.4 Å². The lowest BCUT2D eigenvalue weighted by atomic mass is 10.1. The monoisotopic (exact) mass is 340 g/mol. The molecular weight excluding hydrogens is 320 g/mol. The summed E-state index contributed by atoms with van der Waals surface area (Å²) in [6, 6.07) is 15.0. The van der Waals surface area contributed by atoms with Crippen LogP contribution in [0, 0.1) is 0 Å². The van der Waals surface area contributed by atoms with Crippen molar-refractivity contribution in [3.63, 3.8) is 0 Å². The number of hydrogen-bond donors (Lipinski definition) is 2. The van der Waals surface area contributed by atoms with Gasteiger partial charge in [0.2, 0.25) is 0 Å². The van der Waals surface area contributed by atoms with Crippen LogP contribution in [-0.2, 0) is 22.4 Å². The number of nitrogens with one attached hydrogen (secondary N) is 2. The number of ether oxygens (including phenoxy) is 2. The second-order valence-electron chi connectivity index (χ2n) is 5.74. The summed E-state index contributed by atoms with van der Waals surface area (Å²) in [5, 5.41) is 0. The molecule has 2 amide bonds. The van der Waals surface area contributed by atoms with Crippen LogP contribution in [0.2, 0.25) is 0 Å². The first-order chi connectivity index (χ1) is 12.2. The third kappa shape index (κ3) is 4.29. The molecule has 0 aliphatic carbocycles. The Morgan fingerprint density at radius 1 is 1.12 bits per heavy atom. The maximum absolute atomic E-state index is 12.1. The lowest BCUT2D eigenvalue weighted by molar-refractivity contribution is -0.133. The maximum atomic E-state index is 12.1. The number of para-hydroxylation sites is 1. The van der Waals surface area contributed by atoms with Gasteiger partial charge in [0.05, 0.1) is 0 Å². The molecule has 0 saturated carbocycles. The third-order valence-electron chi connectivity index (χ3n) is 3.97. The normalized spacial score (nSPS) is 15.0. The summed E-state index contributed by atoms with van der Waals surface area (Å²) in [6.07, 6.45) is 0.790. The molecule has 0 radical (unpaired) electrons. The summed E-state index contributed by atoms with van der Waals surface area (Å²) in [6.45, 7) is 1.88. The second-order valence-corrected chi connectivity index (χ2v) is 5.74. The molecule has 2 N–H and O–H groups in total. The molecule has 1 atom stereocenters. The molecule has 2 aromatic carbocycles. The molecule has 2 aromatic rings. The minimum atomic E-state index is -0.639. The van der Waals surface area contributed by atoms with Crippen LogP contribution >= 0.6 is 0 Å². The summed E-state index contributed by atoms with van der Waals surface area (Å²) in [7, 11) is 0. The predicted octanol–water partition coefficient (Wildman–Crippen LogP) is 1.78. The van der Waals surface area contributed by atoms with Gasteiger partial charge in [0.25, 0.3) is 11.8 Å². The van der Waals surface area contributed by atoms with Crippen molar-refractivity contribution >= 4 is 11.8 Å². The van der Waals surface area contributed by atoms with Gasteiger partial charge in [-0.05, 0) is 35.7 Å². The number of amides is 2. The number of fused-ring (bicyclic) bond motifs is 1. The SMILES string of the molecule is CCc1ccc(OCC(=O)NNC(=O)[C@@H]2Cc3ccccc3O2)cc1. The van der Waals surface area contributed by atoms with Crippen molar-refractivity contribution in [1.82, 2.24) is 10.9 Å². The van der Waals surface area contributed by atoms with Gasteiger partial charge in [0.15, 0.2) is 12.7 Å². The first-order valence-electron chi connectivity index (χ1n) is 8.20. The molecule has 0 unspecified atom stereocenters. The zero-order valence-electron chi connectivity index (χ0n) is 14.0. The molecule has 0 aromatic heterocycles. The largest absolute Gasteiger partial charge is 0.484 e. The Morgan fingerprint density at radius 2 is 1.88 bits per heavy atom. The number of carbonyl (C=O) groups is 2. The highest BCUT2D eigenvalue weighted by Gasteiger charge is 2.28. The van der Waals surface area contributed by atoms with Crippen LogP contribution in [0.3, 0.4) is 0 Å². The minimum Gasteiger partial charge on any atom is -0.484 e. The molecule has 1 heterocycles. The molecule has 6 nitrogen and oxygen atoms in total. The topological polar surface area (TPSA) is 76.7 Å². The van der Waals surface area contributed by atoms with Crippen molar-refractivity contribution in [2.24, 2.45) is 0 Å². The van der Waals surface area contributed by atoms with Gasteiger partial charge < -0.3 is 9.47 Å². The number of aryl methyl sites for hydroxylation is 1. The first-order valence-corrected chi connectivity index (χ1v) is 8.20. The van der Waals surface area contributed by atoms with Crippen molar-refractivity contribution in [3.05, 3.63) is 59.7 Å². The van der Waals surface area contributed by atoms with Crippen LogP contribution < -0.4 is 20.3 Å². The highest BCUT2D eigenvalue weighted by atomic mass is 16.5. The maximum Gasteiger partial charge on any atom is 0.279 e. The van der Waals surface area contributed by atoms with Crippen LogP contribution in [0.1, 0.15) is 18.1 Å². The fourth-order valence-electron chi connectivity index (χ4n) is 2.55. The van der Waals surface area contributed by atoms with E-state index < -0.39 is 17.9 Å². The van der Waals surface area contributed by atoms with E-state index in [1.165, 1.54) is 5.56 Å². The predicted molar refractivity (Wildman–Crippen MR) is 92.2 cm³/mol. The minimum absolute atomic E-state index is 0.183. The fraction of sp³-hybridized carbons (Fsp3) is 0.263. The van der Waals surface area contributed by atoms with Crippen molar-refractivity contribution in [2.45, 2.75) is 25.9 Å². The smallest absolute Gasteiger partial charge is 0.279 e. The number of hydrazine groups is 1. The van der Waals surface area contributed by atoms with Crippen LogP contribution in [0.5, 0.6) is 11.5 Å². The Labute approximate surface area is 146 Å². The third-order valence-corrected chi connectivity index (χ3v) is 3.97. The highest BCUT2D eigenvalue weighted by molar-refractivity contribution is 5.86. The second kappa shape index (κ2) is 7.70. The summed E-state index contributed by atoms with van der Waals surface area (Å²) in [4.78, 5) is 23.9. The average molecular weight is 340 g/mol. The molecule has 1 aliphatic heterocycles. The van der Waals surface area contributed by atoms with Gasteiger partial charge in [-0.2, -0.15) is 0 Å².